The zero-order valence-electron chi connectivity index (χ0n) is 28.0. The molecule has 0 aromatic heterocycles. The molecule has 4 aliphatic rings. The standard InChI is InChI=1S/C36H50N4O8/c1-4-7-13-29(42)47-24-27(25-11-9-8-10-12-25)37-33(43)30-28-14-15-36(48-28)31(30)34(44)40(26(6-3)23-41)32(36)35(45)39(16-5-2)18-17-38-19-21-46-22-20-38/h4-5,8-12,26-28,30-32,41H,1-2,6-7,13-24H2,3H3,(H,37,43)/t26-,27+,28-,30+,31+,32-,36+/m0/s1. The van der Waals surface area contributed by atoms with Crippen molar-refractivity contribution in [1.29, 1.82) is 0 Å². The second-order valence-corrected chi connectivity index (χ2v) is 13.1. The predicted octanol–water partition coefficient (Wildman–Crippen LogP) is 1.85. The molecular weight excluding hydrogens is 616 g/mol. The fourth-order valence-corrected chi connectivity index (χ4v) is 7.83. The molecule has 1 aromatic carbocycles. The van der Waals surface area contributed by atoms with Crippen LogP contribution in [0.1, 0.15) is 50.6 Å². The number of fused-ring (bicyclic) bond motifs is 1. The molecule has 3 amide bonds. The molecule has 12 nitrogen and oxygen atoms in total. The van der Waals surface area contributed by atoms with Gasteiger partial charge in [0.1, 0.15) is 18.2 Å². The summed E-state index contributed by atoms with van der Waals surface area (Å²) in [6.45, 7) is 13.2. The Bertz CT molecular complexity index is 1320. The zero-order chi connectivity index (χ0) is 34.3. The SMILES string of the molecule is C=CCCC(=O)OC[C@@H](NC(=O)[C@@H]1[C@@H]2CC[C@]3(O2)[C@H](C(=O)N(CC=C)CCN2CCOCC2)N([C@@H](CC)CO)C(=O)[C@@H]13)c1ccccc1. The maximum atomic E-state index is 14.6. The fourth-order valence-electron chi connectivity index (χ4n) is 7.83. The smallest absolute Gasteiger partial charge is 0.306 e. The molecule has 262 valence electrons. The van der Waals surface area contributed by atoms with Gasteiger partial charge in [-0.25, -0.2) is 0 Å². The van der Waals surface area contributed by atoms with Gasteiger partial charge in [-0.05, 0) is 31.2 Å². The summed E-state index contributed by atoms with van der Waals surface area (Å²) in [5, 5.41) is 13.5. The van der Waals surface area contributed by atoms with Crippen molar-refractivity contribution in [2.24, 2.45) is 11.8 Å². The summed E-state index contributed by atoms with van der Waals surface area (Å²) in [6, 6.07) is 6.96. The van der Waals surface area contributed by atoms with Crippen LogP contribution in [0.3, 0.4) is 0 Å². The van der Waals surface area contributed by atoms with E-state index in [-0.39, 0.29) is 38.0 Å². The molecular formula is C36H50N4O8. The highest BCUT2D eigenvalue weighted by Gasteiger charge is 2.75. The average molecular weight is 667 g/mol. The average Bonchev–Trinajstić information content (AvgIpc) is 3.76. The van der Waals surface area contributed by atoms with Crippen LogP contribution >= 0.6 is 0 Å². The van der Waals surface area contributed by atoms with Crippen LogP contribution in [0.2, 0.25) is 0 Å². The molecule has 5 rings (SSSR count). The van der Waals surface area contributed by atoms with Gasteiger partial charge < -0.3 is 34.4 Å². The van der Waals surface area contributed by atoms with Crippen molar-refractivity contribution in [1.82, 2.24) is 20.0 Å². The minimum absolute atomic E-state index is 0.0803. The predicted molar refractivity (Wildman–Crippen MR) is 177 cm³/mol. The molecule has 1 spiro atoms. The van der Waals surface area contributed by atoms with Crippen LogP contribution in [-0.2, 0) is 33.4 Å². The molecule has 0 aliphatic carbocycles. The quantitative estimate of drug-likeness (QED) is 0.189. The lowest BCUT2D eigenvalue weighted by molar-refractivity contribution is -0.151. The molecule has 4 heterocycles. The maximum absolute atomic E-state index is 14.6. The van der Waals surface area contributed by atoms with E-state index < -0.39 is 53.5 Å². The van der Waals surface area contributed by atoms with Crippen molar-refractivity contribution in [2.75, 3.05) is 59.2 Å². The van der Waals surface area contributed by atoms with E-state index in [0.717, 1.165) is 18.7 Å². The molecule has 4 aliphatic heterocycles. The number of amides is 3. The van der Waals surface area contributed by atoms with E-state index in [1.807, 2.05) is 37.3 Å². The number of hydrogen-bond donors (Lipinski definition) is 2. The Kier molecular flexibility index (Phi) is 12.1. The highest BCUT2D eigenvalue weighted by Crippen LogP contribution is 2.59. The third-order valence-corrected chi connectivity index (χ3v) is 10.3. The lowest BCUT2D eigenvalue weighted by Crippen LogP contribution is -2.59. The summed E-state index contributed by atoms with van der Waals surface area (Å²) in [4.78, 5) is 61.1. The van der Waals surface area contributed by atoms with E-state index in [1.54, 1.807) is 17.1 Å². The highest BCUT2D eigenvalue weighted by atomic mass is 16.5. The molecule has 7 atom stereocenters. The molecule has 4 fully saturated rings. The second kappa shape index (κ2) is 16.2. The summed E-state index contributed by atoms with van der Waals surface area (Å²) < 4.78 is 17.6. The number of aliphatic hydroxyl groups excluding tert-OH is 1. The highest BCUT2D eigenvalue weighted by molar-refractivity contribution is 5.99. The molecule has 0 unspecified atom stereocenters. The molecule has 12 heteroatoms. The van der Waals surface area contributed by atoms with E-state index >= 15 is 0 Å². The topological polar surface area (TPSA) is 138 Å². The van der Waals surface area contributed by atoms with Gasteiger partial charge >= 0.3 is 5.97 Å². The van der Waals surface area contributed by atoms with Gasteiger partial charge in [-0.1, -0.05) is 49.4 Å². The summed E-state index contributed by atoms with van der Waals surface area (Å²) >= 11 is 0. The number of nitrogens with zero attached hydrogens (tertiary/aromatic N) is 3. The van der Waals surface area contributed by atoms with E-state index in [1.165, 1.54) is 4.90 Å². The van der Waals surface area contributed by atoms with Gasteiger partial charge in [0.2, 0.25) is 17.7 Å². The number of carbonyl (C=O) groups excluding carboxylic acids is 4. The number of likely N-dealkylation sites (tertiary alicyclic amines) is 1. The van der Waals surface area contributed by atoms with Gasteiger partial charge in [-0.2, -0.15) is 0 Å². The normalized spacial score (nSPS) is 27.6. The van der Waals surface area contributed by atoms with E-state index in [4.69, 9.17) is 14.2 Å². The largest absolute Gasteiger partial charge is 0.463 e. The van der Waals surface area contributed by atoms with Crippen molar-refractivity contribution in [3.63, 3.8) is 0 Å². The van der Waals surface area contributed by atoms with Crippen LogP contribution < -0.4 is 5.32 Å². The summed E-state index contributed by atoms with van der Waals surface area (Å²) in [5.74, 6) is -3.16. The van der Waals surface area contributed by atoms with Gasteiger partial charge in [0.05, 0.1) is 49.8 Å². The molecule has 0 radical (unpaired) electrons. The Labute approximate surface area is 283 Å². The zero-order valence-corrected chi connectivity index (χ0v) is 28.0. The Morgan fingerprint density at radius 2 is 1.94 bits per heavy atom. The van der Waals surface area contributed by atoms with Crippen LogP contribution in [0.25, 0.3) is 0 Å². The first kappa shape index (κ1) is 35.7. The number of morpholine rings is 1. The Morgan fingerprint density at radius 1 is 1.19 bits per heavy atom. The first-order valence-electron chi connectivity index (χ1n) is 17.2. The van der Waals surface area contributed by atoms with E-state index in [9.17, 15) is 24.3 Å². The number of benzene rings is 1. The monoisotopic (exact) mass is 666 g/mol. The maximum Gasteiger partial charge on any atom is 0.306 e. The van der Waals surface area contributed by atoms with Gasteiger partial charge in [0, 0.05) is 39.1 Å². The van der Waals surface area contributed by atoms with Crippen molar-refractivity contribution >= 4 is 23.7 Å². The lowest BCUT2D eigenvalue weighted by Gasteiger charge is -2.39. The molecule has 48 heavy (non-hydrogen) atoms. The number of ether oxygens (including phenoxy) is 3. The Hall–Kier alpha value is -3.58. The van der Waals surface area contributed by atoms with Crippen LogP contribution in [0, 0.1) is 11.8 Å². The van der Waals surface area contributed by atoms with Crippen LogP contribution in [-0.4, -0.2) is 126 Å². The Morgan fingerprint density at radius 3 is 2.60 bits per heavy atom. The fraction of sp³-hybridized carbons (Fsp3) is 0.611. The first-order valence-corrected chi connectivity index (χ1v) is 17.2. The van der Waals surface area contributed by atoms with E-state index in [0.29, 0.717) is 52.0 Å². The Balaban J connectivity index is 1.41. The number of allylic oxidation sites excluding steroid dienone is 1. The molecule has 0 saturated carbocycles. The van der Waals surface area contributed by atoms with Crippen LogP contribution in [0.4, 0.5) is 0 Å². The van der Waals surface area contributed by atoms with Gasteiger partial charge in [0.15, 0.2) is 0 Å². The van der Waals surface area contributed by atoms with Crippen molar-refractivity contribution in [3.05, 3.63) is 61.2 Å². The molecule has 4 saturated heterocycles. The summed E-state index contributed by atoms with van der Waals surface area (Å²) in [5.41, 5.74) is -0.457. The molecule has 2 N–H and O–H groups in total. The number of aliphatic hydroxyl groups is 1. The van der Waals surface area contributed by atoms with Gasteiger partial charge in [-0.3, -0.25) is 24.1 Å². The van der Waals surface area contributed by atoms with Crippen LogP contribution in [0.15, 0.2) is 55.6 Å². The number of hydrogen-bond acceptors (Lipinski definition) is 9. The third kappa shape index (κ3) is 7.22. The summed E-state index contributed by atoms with van der Waals surface area (Å²) in [7, 11) is 0. The number of esters is 1. The van der Waals surface area contributed by atoms with Crippen LogP contribution in [0.5, 0.6) is 0 Å². The molecule has 1 aromatic rings. The van der Waals surface area contributed by atoms with E-state index in [2.05, 4.69) is 23.4 Å². The minimum atomic E-state index is -1.21. The van der Waals surface area contributed by atoms with Crippen molar-refractivity contribution in [3.8, 4) is 0 Å². The molecule has 2 bridgehead atoms. The first-order chi connectivity index (χ1) is 23.3. The van der Waals surface area contributed by atoms with Crippen molar-refractivity contribution in [2.45, 2.75) is 68.9 Å². The number of carbonyl (C=O) groups is 4. The lowest BCUT2D eigenvalue weighted by atomic mass is 9.70. The third-order valence-electron chi connectivity index (χ3n) is 10.3. The number of nitrogens with one attached hydrogen (secondary N) is 1. The van der Waals surface area contributed by atoms with Gasteiger partial charge in [-0.15, -0.1) is 13.2 Å². The number of rotatable bonds is 17. The minimum Gasteiger partial charge on any atom is -0.463 e. The summed E-state index contributed by atoms with van der Waals surface area (Å²) in [6.07, 6.45) is 4.81. The van der Waals surface area contributed by atoms with Gasteiger partial charge in [0.25, 0.3) is 0 Å². The second-order valence-electron chi connectivity index (χ2n) is 13.1. The van der Waals surface area contributed by atoms with Crippen molar-refractivity contribution < 1.29 is 38.5 Å².